The van der Waals surface area contributed by atoms with Crippen LogP contribution in [0.4, 0.5) is 5.69 Å². The molecule has 102 valence electrons. The van der Waals surface area contributed by atoms with Crippen LogP contribution < -0.4 is 0 Å². The Labute approximate surface area is 115 Å². The Morgan fingerprint density at radius 3 is 2.84 bits per heavy atom. The van der Waals surface area contributed by atoms with Crippen molar-refractivity contribution >= 4 is 23.2 Å². The second kappa shape index (κ2) is 5.52. The maximum Gasteiger partial charge on any atom is 0.288 e. The maximum absolute atomic E-state index is 12.4. The van der Waals surface area contributed by atoms with Crippen molar-refractivity contribution in [1.82, 2.24) is 9.88 Å². The molecule has 0 atom stereocenters. The molecule has 0 unspecified atom stereocenters. The predicted molar refractivity (Wildman–Crippen MR) is 70.3 cm³/mol. The molecule has 0 spiro atoms. The summed E-state index contributed by atoms with van der Waals surface area (Å²) < 4.78 is 0. The quantitative estimate of drug-likeness (QED) is 0.473. The van der Waals surface area contributed by atoms with Crippen molar-refractivity contribution in [2.45, 2.75) is 32.2 Å². The van der Waals surface area contributed by atoms with E-state index in [4.69, 9.17) is 11.6 Å². The molecule has 1 aliphatic carbocycles. The number of carbonyl (C=O) groups is 1. The molecule has 6 nitrogen and oxygen atoms in total. The first-order valence-corrected chi connectivity index (χ1v) is 6.53. The lowest BCUT2D eigenvalue weighted by Gasteiger charge is -2.21. The van der Waals surface area contributed by atoms with Crippen LogP contribution in [0.5, 0.6) is 0 Å². The van der Waals surface area contributed by atoms with Gasteiger partial charge in [-0.3, -0.25) is 14.9 Å². The van der Waals surface area contributed by atoms with Gasteiger partial charge in [0.15, 0.2) is 0 Å². The Morgan fingerprint density at radius 1 is 1.63 bits per heavy atom. The summed E-state index contributed by atoms with van der Waals surface area (Å²) >= 11 is 5.88. The summed E-state index contributed by atoms with van der Waals surface area (Å²) in [7, 11) is 0. The molecule has 0 aliphatic heterocycles. The van der Waals surface area contributed by atoms with Gasteiger partial charge in [0.2, 0.25) is 0 Å². The SMILES string of the molecule is CCCN(C(=O)c1cc([N+](=O)[O-])cnc1Cl)C1CC1. The fraction of sp³-hybridized carbons (Fsp3) is 0.500. The average molecular weight is 284 g/mol. The molecule has 1 aliphatic rings. The highest BCUT2D eigenvalue weighted by Crippen LogP contribution is 2.30. The lowest BCUT2D eigenvalue weighted by molar-refractivity contribution is -0.385. The number of nitro groups is 1. The van der Waals surface area contributed by atoms with Crippen molar-refractivity contribution in [2.24, 2.45) is 0 Å². The number of hydrogen-bond acceptors (Lipinski definition) is 4. The zero-order valence-electron chi connectivity index (χ0n) is 10.5. The van der Waals surface area contributed by atoms with Gasteiger partial charge in [-0.1, -0.05) is 18.5 Å². The van der Waals surface area contributed by atoms with E-state index in [1.54, 1.807) is 4.90 Å². The summed E-state index contributed by atoms with van der Waals surface area (Å²) in [6.07, 6.45) is 3.85. The number of amides is 1. The Hall–Kier alpha value is -1.69. The van der Waals surface area contributed by atoms with E-state index < -0.39 is 4.92 Å². The zero-order valence-corrected chi connectivity index (χ0v) is 11.3. The third-order valence-electron chi connectivity index (χ3n) is 2.98. The van der Waals surface area contributed by atoms with E-state index >= 15 is 0 Å². The minimum atomic E-state index is -0.582. The Kier molecular flexibility index (Phi) is 3.99. The molecule has 1 saturated carbocycles. The summed E-state index contributed by atoms with van der Waals surface area (Å²) in [6.45, 7) is 2.61. The molecular formula is C12H14ClN3O3. The van der Waals surface area contributed by atoms with Crippen molar-refractivity contribution in [1.29, 1.82) is 0 Å². The van der Waals surface area contributed by atoms with Crippen molar-refractivity contribution in [2.75, 3.05) is 6.54 Å². The number of rotatable bonds is 5. The van der Waals surface area contributed by atoms with Gasteiger partial charge in [-0.2, -0.15) is 0 Å². The number of carbonyl (C=O) groups excluding carboxylic acids is 1. The van der Waals surface area contributed by atoms with Crippen LogP contribution >= 0.6 is 11.6 Å². The average Bonchev–Trinajstić information content (AvgIpc) is 3.19. The standard InChI is InChI=1S/C12H14ClN3O3/c1-2-5-15(8-3-4-8)12(17)10-6-9(16(18)19)7-14-11(10)13/h6-8H,2-5H2,1H3. The topological polar surface area (TPSA) is 76.3 Å². The van der Waals surface area contributed by atoms with Crippen LogP contribution in [0.3, 0.4) is 0 Å². The van der Waals surface area contributed by atoms with Gasteiger partial charge in [-0.15, -0.1) is 0 Å². The molecule has 0 aromatic carbocycles. The number of nitrogens with zero attached hydrogens (tertiary/aromatic N) is 3. The minimum absolute atomic E-state index is 0.0114. The molecule has 1 fully saturated rings. The van der Waals surface area contributed by atoms with Crippen LogP contribution in [0.25, 0.3) is 0 Å². The van der Waals surface area contributed by atoms with Crippen LogP contribution in [0.15, 0.2) is 12.3 Å². The maximum atomic E-state index is 12.4. The van der Waals surface area contributed by atoms with E-state index in [-0.39, 0.29) is 28.4 Å². The van der Waals surface area contributed by atoms with Gasteiger partial charge < -0.3 is 4.90 Å². The zero-order chi connectivity index (χ0) is 14.0. The van der Waals surface area contributed by atoms with Crippen molar-refractivity contribution in [3.63, 3.8) is 0 Å². The number of halogens is 1. The monoisotopic (exact) mass is 283 g/mol. The first kappa shape index (κ1) is 13.7. The predicted octanol–water partition coefficient (Wildman–Crippen LogP) is 2.66. The van der Waals surface area contributed by atoms with E-state index in [2.05, 4.69) is 4.98 Å². The van der Waals surface area contributed by atoms with Gasteiger partial charge in [0.25, 0.3) is 11.6 Å². The number of pyridine rings is 1. The van der Waals surface area contributed by atoms with Gasteiger partial charge in [0, 0.05) is 18.7 Å². The minimum Gasteiger partial charge on any atom is -0.336 e. The fourth-order valence-electron chi connectivity index (χ4n) is 1.92. The Balaban J connectivity index is 2.30. The molecule has 1 heterocycles. The van der Waals surface area contributed by atoms with Crippen LogP contribution in [0.1, 0.15) is 36.5 Å². The fourth-order valence-corrected chi connectivity index (χ4v) is 2.10. The third-order valence-corrected chi connectivity index (χ3v) is 3.28. The smallest absolute Gasteiger partial charge is 0.288 e. The van der Waals surface area contributed by atoms with Crippen LogP contribution in [-0.4, -0.2) is 33.3 Å². The highest BCUT2D eigenvalue weighted by Gasteiger charge is 2.33. The first-order valence-electron chi connectivity index (χ1n) is 6.15. The van der Waals surface area contributed by atoms with Crippen LogP contribution in [0.2, 0.25) is 5.15 Å². The van der Waals surface area contributed by atoms with E-state index in [9.17, 15) is 14.9 Å². The highest BCUT2D eigenvalue weighted by molar-refractivity contribution is 6.32. The molecule has 19 heavy (non-hydrogen) atoms. The molecule has 1 amide bonds. The molecular weight excluding hydrogens is 270 g/mol. The third kappa shape index (κ3) is 3.01. The van der Waals surface area contributed by atoms with Crippen molar-refractivity contribution < 1.29 is 9.72 Å². The van der Waals surface area contributed by atoms with E-state index in [1.165, 1.54) is 6.07 Å². The molecule has 0 saturated heterocycles. The van der Waals surface area contributed by atoms with Crippen molar-refractivity contribution in [3.8, 4) is 0 Å². The lowest BCUT2D eigenvalue weighted by Crippen LogP contribution is -2.34. The normalized spacial score (nSPS) is 14.2. The summed E-state index contributed by atoms with van der Waals surface area (Å²) in [5.74, 6) is -0.273. The molecule has 1 aromatic heterocycles. The van der Waals surface area contributed by atoms with Gasteiger partial charge in [0.1, 0.15) is 11.3 Å². The number of aromatic nitrogens is 1. The second-order valence-electron chi connectivity index (χ2n) is 4.52. The second-order valence-corrected chi connectivity index (χ2v) is 4.88. The van der Waals surface area contributed by atoms with E-state index in [0.29, 0.717) is 6.54 Å². The molecule has 0 radical (unpaired) electrons. The molecule has 7 heteroatoms. The van der Waals surface area contributed by atoms with E-state index in [1.807, 2.05) is 6.92 Å². The molecule has 1 aromatic rings. The molecule has 2 rings (SSSR count). The van der Waals surface area contributed by atoms with Crippen molar-refractivity contribution in [3.05, 3.63) is 33.1 Å². The summed E-state index contributed by atoms with van der Waals surface area (Å²) in [6, 6.07) is 1.44. The largest absolute Gasteiger partial charge is 0.336 e. The molecule has 0 N–H and O–H groups in total. The summed E-state index contributed by atoms with van der Waals surface area (Å²) in [4.78, 5) is 28.0. The summed E-state index contributed by atoms with van der Waals surface area (Å²) in [5.41, 5.74) is -0.115. The van der Waals surface area contributed by atoms with Gasteiger partial charge >= 0.3 is 0 Å². The van der Waals surface area contributed by atoms with Gasteiger partial charge in [-0.05, 0) is 19.3 Å². The van der Waals surface area contributed by atoms with Gasteiger partial charge in [-0.25, -0.2) is 4.98 Å². The van der Waals surface area contributed by atoms with E-state index in [0.717, 1.165) is 25.5 Å². The highest BCUT2D eigenvalue weighted by atomic mass is 35.5. The Bertz CT molecular complexity index is 517. The Morgan fingerprint density at radius 2 is 2.32 bits per heavy atom. The van der Waals surface area contributed by atoms with Crippen LogP contribution in [-0.2, 0) is 0 Å². The van der Waals surface area contributed by atoms with Gasteiger partial charge in [0.05, 0.1) is 10.5 Å². The number of hydrogen-bond donors (Lipinski definition) is 0. The molecule has 0 bridgehead atoms. The summed E-state index contributed by atoms with van der Waals surface area (Å²) in [5, 5.41) is 10.7. The van der Waals surface area contributed by atoms with Crippen LogP contribution in [0, 0.1) is 10.1 Å². The first-order chi connectivity index (χ1) is 9.04. The lowest BCUT2D eigenvalue weighted by atomic mass is 10.2.